The van der Waals surface area contributed by atoms with Crippen molar-refractivity contribution in [2.45, 2.75) is 12.8 Å². The van der Waals surface area contributed by atoms with Crippen molar-refractivity contribution in [3.63, 3.8) is 0 Å². The van der Waals surface area contributed by atoms with Crippen LogP contribution in [-0.2, 0) is 4.79 Å². The van der Waals surface area contributed by atoms with Gasteiger partial charge in [0.25, 0.3) is 0 Å². The van der Waals surface area contributed by atoms with Crippen molar-refractivity contribution < 1.29 is 23.8 Å². The number of fused-ring (bicyclic) bond motifs is 2. The van der Waals surface area contributed by atoms with E-state index in [-0.39, 0.29) is 42.0 Å². The smallest absolute Gasteiger partial charge is 0.344 e. The Labute approximate surface area is 198 Å². The lowest BCUT2D eigenvalue weighted by molar-refractivity contribution is -0.117. The topological polar surface area (TPSA) is 118 Å². The number of hydrogen-bond donors (Lipinski definition) is 2. The Morgan fingerprint density at radius 2 is 1.16 bits per heavy atom. The minimum absolute atomic E-state index is 0.0526. The fourth-order valence-corrected chi connectivity index (χ4v) is 4.58. The number of Topliss-reactive ketones (excluding diaryl/α,β-unsaturated/α-hetero) is 1. The van der Waals surface area contributed by atoms with Gasteiger partial charge in [0, 0.05) is 10.0 Å². The van der Waals surface area contributed by atoms with E-state index in [1.807, 2.05) is 0 Å². The predicted octanol–water partition coefficient (Wildman–Crippen LogP) is 5.65. The molecule has 2 aromatic heterocycles. The molecule has 0 bridgehead atoms. The summed E-state index contributed by atoms with van der Waals surface area (Å²) in [4.78, 5) is 38.2. The monoisotopic (exact) mass is 514 g/mol. The van der Waals surface area contributed by atoms with Crippen LogP contribution in [0.1, 0.15) is 24.0 Å². The molecule has 0 amide bonds. The highest BCUT2D eigenvalue weighted by atomic mass is 35.5. The number of ketones is 1. The van der Waals surface area contributed by atoms with Crippen LogP contribution in [0.5, 0.6) is 11.5 Å². The molecule has 2 heterocycles. The molecule has 2 N–H and O–H groups in total. The fraction of sp³-hybridized carbons (Fsp3) is 0.0952. The summed E-state index contributed by atoms with van der Waals surface area (Å²) >= 11 is 24.0. The van der Waals surface area contributed by atoms with Crippen LogP contribution in [0.3, 0.4) is 0 Å². The summed E-state index contributed by atoms with van der Waals surface area (Å²) in [6.45, 7) is 1.06. The highest BCUT2D eigenvalue weighted by molar-refractivity contribution is 6.39. The molecule has 32 heavy (non-hydrogen) atoms. The normalized spacial score (nSPS) is 11.6. The minimum atomic E-state index is -1.74. The second-order valence-electron chi connectivity index (χ2n) is 6.88. The van der Waals surface area contributed by atoms with Crippen molar-refractivity contribution >= 4 is 74.1 Å². The first-order chi connectivity index (χ1) is 15.0. The SMILES string of the molecule is CC(=O)C(c1c(O)c2cc(Cl)cc(Cl)c2oc1=O)c1c(O)c2cc(Cl)cc(Cl)c2oc1=O. The molecule has 0 saturated carbocycles. The molecule has 0 aliphatic carbocycles. The summed E-state index contributed by atoms with van der Waals surface area (Å²) in [6.07, 6.45) is 0. The summed E-state index contributed by atoms with van der Waals surface area (Å²) < 4.78 is 10.4. The lowest BCUT2D eigenvalue weighted by Crippen LogP contribution is -2.25. The van der Waals surface area contributed by atoms with Gasteiger partial charge in [-0.25, -0.2) is 9.59 Å². The molecule has 4 rings (SSSR count). The fourth-order valence-electron chi connectivity index (χ4n) is 3.52. The van der Waals surface area contributed by atoms with E-state index in [0.717, 1.165) is 6.92 Å². The molecule has 4 aromatic rings. The summed E-state index contributed by atoms with van der Waals surface area (Å²) in [5.41, 5.74) is -3.84. The largest absolute Gasteiger partial charge is 0.507 e. The molecule has 0 atom stereocenters. The Morgan fingerprint density at radius 3 is 1.50 bits per heavy atom. The molecular weight excluding hydrogens is 506 g/mol. The first-order valence-corrected chi connectivity index (χ1v) is 10.3. The predicted molar refractivity (Wildman–Crippen MR) is 121 cm³/mol. The average Bonchev–Trinajstić information content (AvgIpc) is 2.68. The lowest BCUT2D eigenvalue weighted by atomic mass is 9.87. The van der Waals surface area contributed by atoms with Crippen molar-refractivity contribution in [2.75, 3.05) is 0 Å². The highest BCUT2D eigenvalue weighted by Gasteiger charge is 2.34. The molecule has 0 fully saturated rings. The van der Waals surface area contributed by atoms with Crippen LogP contribution >= 0.6 is 46.4 Å². The van der Waals surface area contributed by atoms with E-state index >= 15 is 0 Å². The number of carbonyl (C=O) groups excluding carboxylic acids is 1. The third-order valence-corrected chi connectivity index (χ3v) is 5.85. The van der Waals surface area contributed by atoms with E-state index in [2.05, 4.69) is 0 Å². The van der Waals surface area contributed by atoms with Gasteiger partial charge >= 0.3 is 11.3 Å². The van der Waals surface area contributed by atoms with E-state index < -0.39 is 45.6 Å². The molecule has 0 aliphatic rings. The number of rotatable bonds is 3. The van der Waals surface area contributed by atoms with Gasteiger partial charge in [-0.3, -0.25) is 4.79 Å². The van der Waals surface area contributed by atoms with Crippen LogP contribution in [-0.4, -0.2) is 16.0 Å². The van der Waals surface area contributed by atoms with E-state index in [9.17, 15) is 24.6 Å². The van der Waals surface area contributed by atoms with Crippen LogP contribution < -0.4 is 11.3 Å². The van der Waals surface area contributed by atoms with Crippen LogP contribution in [0, 0.1) is 0 Å². The van der Waals surface area contributed by atoms with Crippen LogP contribution in [0.15, 0.2) is 42.7 Å². The van der Waals surface area contributed by atoms with Crippen molar-refractivity contribution in [1.29, 1.82) is 0 Å². The second-order valence-corrected chi connectivity index (χ2v) is 8.56. The van der Waals surface area contributed by atoms with Gasteiger partial charge in [0.2, 0.25) is 0 Å². The van der Waals surface area contributed by atoms with Gasteiger partial charge in [0.05, 0.1) is 37.9 Å². The average molecular weight is 516 g/mol. The molecular formula is C21H10Cl4O7. The van der Waals surface area contributed by atoms with Crippen molar-refractivity contribution in [3.8, 4) is 11.5 Å². The number of aromatic hydroxyl groups is 2. The minimum Gasteiger partial charge on any atom is -0.507 e. The van der Waals surface area contributed by atoms with Gasteiger partial charge in [-0.05, 0) is 31.2 Å². The maximum atomic E-state index is 12.8. The quantitative estimate of drug-likeness (QED) is 0.338. The number of hydrogen-bond acceptors (Lipinski definition) is 7. The Hall–Kier alpha value is -2.71. The zero-order chi connectivity index (χ0) is 23.5. The maximum absolute atomic E-state index is 12.8. The molecule has 0 saturated heterocycles. The summed E-state index contributed by atoms with van der Waals surface area (Å²) in [7, 11) is 0. The van der Waals surface area contributed by atoms with Gasteiger partial charge < -0.3 is 19.0 Å². The van der Waals surface area contributed by atoms with Gasteiger partial charge in [-0.1, -0.05) is 46.4 Å². The maximum Gasteiger partial charge on any atom is 0.344 e. The first kappa shape index (κ1) is 22.5. The molecule has 11 heteroatoms. The Morgan fingerprint density at radius 1 is 0.781 bits per heavy atom. The molecule has 0 unspecified atom stereocenters. The standard InChI is InChI=1S/C21H10Cl4O7/c1-6(26)13(14-16(27)9-2-7(22)4-11(24)18(9)31-20(14)29)15-17(28)10-3-8(23)5-12(25)19(10)32-21(15)30/h2-5,13,27-28H,1H3. The van der Waals surface area contributed by atoms with Crippen LogP contribution in [0.2, 0.25) is 20.1 Å². The van der Waals surface area contributed by atoms with Crippen molar-refractivity contribution in [1.82, 2.24) is 0 Å². The molecule has 7 nitrogen and oxygen atoms in total. The lowest BCUT2D eigenvalue weighted by Gasteiger charge is -2.17. The van der Waals surface area contributed by atoms with Crippen LogP contribution in [0.25, 0.3) is 21.9 Å². The number of benzene rings is 2. The Kier molecular flexibility index (Phi) is 5.63. The molecule has 164 valence electrons. The highest BCUT2D eigenvalue weighted by Crippen LogP contribution is 2.42. The van der Waals surface area contributed by atoms with Gasteiger partial charge in [-0.15, -0.1) is 0 Å². The number of halogens is 4. The van der Waals surface area contributed by atoms with Crippen molar-refractivity contribution in [3.05, 3.63) is 76.3 Å². The Balaban J connectivity index is 2.13. The third-order valence-electron chi connectivity index (χ3n) is 4.85. The van der Waals surface area contributed by atoms with Crippen molar-refractivity contribution in [2.24, 2.45) is 0 Å². The zero-order valence-electron chi connectivity index (χ0n) is 15.8. The van der Waals surface area contributed by atoms with E-state index in [1.54, 1.807) is 0 Å². The molecule has 2 aromatic carbocycles. The van der Waals surface area contributed by atoms with Crippen LogP contribution in [0.4, 0.5) is 0 Å². The molecule has 0 radical (unpaired) electrons. The van der Waals surface area contributed by atoms with Gasteiger partial charge in [0.1, 0.15) is 17.3 Å². The second kappa shape index (κ2) is 8.01. The molecule has 0 aliphatic heterocycles. The van der Waals surface area contributed by atoms with Gasteiger partial charge in [0.15, 0.2) is 11.2 Å². The third kappa shape index (κ3) is 3.51. The van der Waals surface area contributed by atoms with E-state index in [1.165, 1.54) is 24.3 Å². The Bertz CT molecular complexity index is 1460. The zero-order valence-corrected chi connectivity index (χ0v) is 18.9. The van der Waals surface area contributed by atoms with E-state index in [0.29, 0.717) is 0 Å². The number of carbonyl (C=O) groups is 1. The molecule has 0 spiro atoms. The summed E-state index contributed by atoms with van der Waals surface area (Å²) in [5.74, 6) is -3.89. The van der Waals surface area contributed by atoms with Gasteiger partial charge in [-0.2, -0.15) is 0 Å². The summed E-state index contributed by atoms with van der Waals surface area (Å²) in [6, 6.07) is 5.13. The first-order valence-electron chi connectivity index (χ1n) is 8.81. The summed E-state index contributed by atoms with van der Waals surface area (Å²) in [5, 5.41) is 21.7. The van der Waals surface area contributed by atoms with E-state index in [4.69, 9.17) is 55.2 Å².